The van der Waals surface area contributed by atoms with E-state index in [0.29, 0.717) is 18.5 Å². The molecule has 2 aromatic rings. The predicted molar refractivity (Wildman–Crippen MR) is 127 cm³/mol. The van der Waals surface area contributed by atoms with Crippen molar-refractivity contribution in [2.45, 2.75) is 76.7 Å². The highest BCUT2D eigenvalue weighted by Crippen LogP contribution is 2.33. The van der Waals surface area contributed by atoms with Crippen LogP contribution >= 0.6 is 0 Å². The van der Waals surface area contributed by atoms with Crippen molar-refractivity contribution in [2.24, 2.45) is 7.05 Å². The normalized spacial score (nSPS) is 18.3. The van der Waals surface area contributed by atoms with Gasteiger partial charge >= 0.3 is 5.69 Å². The zero-order chi connectivity index (χ0) is 22.5. The van der Waals surface area contributed by atoms with Crippen LogP contribution in [0, 0.1) is 0 Å². The van der Waals surface area contributed by atoms with Gasteiger partial charge in [0.2, 0.25) is 5.91 Å². The lowest BCUT2D eigenvalue weighted by Crippen LogP contribution is -2.39. The number of hydrogen-bond acceptors (Lipinski definition) is 4. The van der Waals surface area contributed by atoms with E-state index in [1.807, 2.05) is 16.7 Å². The van der Waals surface area contributed by atoms with Gasteiger partial charge in [-0.3, -0.25) is 14.3 Å². The monoisotopic (exact) mass is 439 g/mol. The maximum absolute atomic E-state index is 12.7. The summed E-state index contributed by atoms with van der Waals surface area (Å²) < 4.78 is 3.48. The largest absolute Gasteiger partial charge is 0.345 e. The van der Waals surface area contributed by atoms with Crippen LogP contribution in [0.1, 0.15) is 81.6 Å². The second-order valence-corrected chi connectivity index (χ2v) is 9.47. The fraction of sp³-hybridized carbons (Fsp3) is 0.640. The molecule has 7 nitrogen and oxygen atoms in total. The number of piperidine rings is 1. The Morgan fingerprint density at radius 2 is 1.78 bits per heavy atom. The van der Waals surface area contributed by atoms with Crippen LogP contribution in [-0.2, 0) is 18.3 Å². The Morgan fingerprint density at radius 3 is 2.44 bits per heavy atom. The highest BCUT2D eigenvalue weighted by Gasteiger charge is 2.30. The average molecular weight is 440 g/mol. The van der Waals surface area contributed by atoms with Crippen LogP contribution in [0.3, 0.4) is 0 Å². The summed E-state index contributed by atoms with van der Waals surface area (Å²) in [5, 5.41) is 7.65. The summed E-state index contributed by atoms with van der Waals surface area (Å²) in [4.78, 5) is 27.4. The van der Waals surface area contributed by atoms with Crippen LogP contribution in [0.2, 0.25) is 0 Å². The van der Waals surface area contributed by atoms with Gasteiger partial charge in [-0.15, -0.1) is 0 Å². The number of aromatic nitrogens is 3. The van der Waals surface area contributed by atoms with Crippen molar-refractivity contribution in [3.63, 3.8) is 0 Å². The molecule has 2 aliphatic rings. The van der Waals surface area contributed by atoms with Crippen LogP contribution in [0.15, 0.2) is 29.1 Å². The third kappa shape index (κ3) is 5.31. The lowest BCUT2D eigenvalue weighted by molar-refractivity contribution is -0.117. The molecule has 1 aromatic carbocycles. The maximum atomic E-state index is 12.7. The molecule has 2 heterocycles. The quantitative estimate of drug-likeness (QED) is 0.678. The standard InChI is InChI=1S/C25H37N5O2/c1-3-4-7-19-10-12-21(13-11-19)26-23(31)18-29-16-14-20(15-17-29)24-27-28(2)25(32)30(24)22-8-5-6-9-22/h10-13,20,22H,3-9,14-18H2,1-2H3,(H,26,31). The van der Waals surface area contributed by atoms with Crippen LogP contribution in [0.5, 0.6) is 0 Å². The number of aryl methyl sites for hydroxylation is 2. The minimum absolute atomic E-state index is 0.0226. The number of rotatable bonds is 8. The minimum atomic E-state index is 0.0226. The Kier molecular flexibility index (Phi) is 7.45. The Bertz CT molecular complexity index is 948. The lowest BCUT2D eigenvalue weighted by atomic mass is 9.95. The minimum Gasteiger partial charge on any atom is -0.325 e. The van der Waals surface area contributed by atoms with Crippen molar-refractivity contribution < 1.29 is 4.79 Å². The fourth-order valence-corrected chi connectivity index (χ4v) is 5.17. The molecule has 2 fully saturated rings. The molecule has 1 aliphatic heterocycles. The van der Waals surface area contributed by atoms with E-state index >= 15 is 0 Å². The van der Waals surface area contributed by atoms with Crippen molar-refractivity contribution in [1.29, 1.82) is 0 Å². The molecule has 0 atom stereocenters. The summed E-state index contributed by atoms with van der Waals surface area (Å²) in [5.74, 6) is 1.28. The first-order chi connectivity index (χ1) is 15.5. The average Bonchev–Trinajstić information content (AvgIpc) is 3.42. The molecular weight excluding hydrogens is 402 g/mol. The van der Waals surface area contributed by atoms with Gasteiger partial charge in [-0.05, 0) is 69.3 Å². The summed E-state index contributed by atoms with van der Waals surface area (Å²) in [6, 6.07) is 8.51. The number of carbonyl (C=O) groups is 1. The van der Waals surface area contributed by atoms with E-state index in [4.69, 9.17) is 0 Å². The van der Waals surface area contributed by atoms with Crippen molar-refractivity contribution in [3.05, 3.63) is 46.1 Å². The van der Waals surface area contributed by atoms with Crippen LogP contribution in [0.4, 0.5) is 5.69 Å². The molecule has 1 N–H and O–H groups in total. The second kappa shape index (κ2) is 10.5. The first-order valence-electron chi connectivity index (χ1n) is 12.3. The third-order valence-electron chi connectivity index (χ3n) is 7.05. The van der Waals surface area contributed by atoms with Gasteiger partial charge in [0, 0.05) is 24.7 Å². The van der Waals surface area contributed by atoms with Gasteiger partial charge in [0.1, 0.15) is 5.82 Å². The summed E-state index contributed by atoms with van der Waals surface area (Å²) in [5.41, 5.74) is 2.20. The smallest absolute Gasteiger partial charge is 0.325 e. The molecule has 0 bridgehead atoms. The zero-order valence-electron chi connectivity index (χ0n) is 19.6. The topological polar surface area (TPSA) is 72.2 Å². The molecule has 32 heavy (non-hydrogen) atoms. The molecule has 174 valence electrons. The van der Waals surface area contributed by atoms with Gasteiger partial charge in [-0.25, -0.2) is 9.48 Å². The van der Waals surface area contributed by atoms with Crippen molar-refractivity contribution in [3.8, 4) is 0 Å². The zero-order valence-corrected chi connectivity index (χ0v) is 19.6. The summed E-state index contributed by atoms with van der Waals surface area (Å²) in [6.07, 6.45) is 9.89. The molecule has 1 saturated heterocycles. The molecule has 0 radical (unpaired) electrons. The summed E-state index contributed by atoms with van der Waals surface area (Å²) in [6.45, 7) is 4.30. The van der Waals surface area contributed by atoms with Gasteiger partial charge in [0.25, 0.3) is 0 Å². The van der Waals surface area contributed by atoms with E-state index in [9.17, 15) is 9.59 Å². The number of nitrogens with zero attached hydrogens (tertiary/aromatic N) is 4. The van der Waals surface area contributed by atoms with Crippen LogP contribution in [0.25, 0.3) is 0 Å². The summed E-state index contributed by atoms with van der Waals surface area (Å²) >= 11 is 0. The predicted octanol–water partition coefficient (Wildman–Crippen LogP) is 3.86. The first-order valence-corrected chi connectivity index (χ1v) is 12.3. The van der Waals surface area contributed by atoms with Crippen molar-refractivity contribution in [1.82, 2.24) is 19.2 Å². The number of likely N-dealkylation sites (tertiary alicyclic amines) is 1. The van der Waals surface area contributed by atoms with E-state index in [2.05, 4.69) is 34.4 Å². The van der Waals surface area contributed by atoms with Gasteiger partial charge in [-0.2, -0.15) is 5.10 Å². The Balaban J connectivity index is 1.29. The number of amides is 1. The molecule has 1 saturated carbocycles. The molecule has 1 aromatic heterocycles. The third-order valence-corrected chi connectivity index (χ3v) is 7.05. The molecule has 0 unspecified atom stereocenters. The molecular formula is C25H37N5O2. The second-order valence-electron chi connectivity index (χ2n) is 9.47. The van der Waals surface area contributed by atoms with E-state index in [1.165, 1.54) is 35.9 Å². The highest BCUT2D eigenvalue weighted by atomic mass is 16.2. The molecule has 4 rings (SSSR count). The number of hydrogen-bond donors (Lipinski definition) is 1. The van der Waals surface area contributed by atoms with Gasteiger partial charge in [0.05, 0.1) is 6.54 Å². The first kappa shape index (κ1) is 22.8. The number of unbranched alkanes of at least 4 members (excludes halogenated alkanes) is 1. The maximum Gasteiger partial charge on any atom is 0.345 e. The number of anilines is 1. The lowest BCUT2D eigenvalue weighted by Gasteiger charge is -2.31. The van der Waals surface area contributed by atoms with Crippen molar-refractivity contribution in [2.75, 3.05) is 25.0 Å². The number of benzene rings is 1. The van der Waals surface area contributed by atoms with E-state index in [0.717, 1.165) is 56.7 Å². The SMILES string of the molecule is CCCCc1ccc(NC(=O)CN2CCC(c3nn(C)c(=O)n3C3CCCC3)CC2)cc1. The van der Waals surface area contributed by atoms with Gasteiger partial charge in [0.15, 0.2) is 0 Å². The van der Waals surface area contributed by atoms with Crippen LogP contribution < -0.4 is 11.0 Å². The molecule has 0 spiro atoms. The van der Waals surface area contributed by atoms with E-state index in [1.54, 1.807) is 7.05 Å². The fourth-order valence-electron chi connectivity index (χ4n) is 5.17. The highest BCUT2D eigenvalue weighted by molar-refractivity contribution is 5.92. The number of nitrogens with one attached hydrogen (secondary N) is 1. The van der Waals surface area contributed by atoms with E-state index < -0.39 is 0 Å². The molecule has 1 aliphatic carbocycles. The summed E-state index contributed by atoms with van der Waals surface area (Å²) in [7, 11) is 1.76. The Labute approximate surface area is 190 Å². The molecule has 1 amide bonds. The van der Waals surface area contributed by atoms with Crippen molar-refractivity contribution >= 4 is 11.6 Å². The Morgan fingerprint density at radius 1 is 1.09 bits per heavy atom. The van der Waals surface area contributed by atoms with Crippen LogP contribution in [-0.4, -0.2) is 44.8 Å². The molecule has 7 heteroatoms. The van der Waals surface area contributed by atoms with Gasteiger partial charge in [-0.1, -0.05) is 38.3 Å². The van der Waals surface area contributed by atoms with E-state index in [-0.39, 0.29) is 11.6 Å². The Hall–Kier alpha value is -2.41. The van der Waals surface area contributed by atoms with Gasteiger partial charge < -0.3 is 5.32 Å². The number of carbonyl (C=O) groups excluding carboxylic acids is 1.